The summed E-state index contributed by atoms with van der Waals surface area (Å²) < 4.78 is 81.2. The summed E-state index contributed by atoms with van der Waals surface area (Å²) in [5, 5.41) is 6.03. The van der Waals surface area contributed by atoms with Crippen molar-refractivity contribution < 1.29 is 35.9 Å². The summed E-state index contributed by atoms with van der Waals surface area (Å²) in [5.74, 6) is -1.16. The van der Waals surface area contributed by atoms with Crippen molar-refractivity contribution in [3.8, 4) is 5.75 Å². The Morgan fingerprint density at radius 3 is 2.26 bits per heavy atom. The second-order valence-electron chi connectivity index (χ2n) is 4.80. The van der Waals surface area contributed by atoms with E-state index in [1.165, 1.54) is 0 Å². The van der Waals surface area contributed by atoms with E-state index >= 15 is 0 Å². The zero-order valence-electron chi connectivity index (χ0n) is 11.4. The van der Waals surface area contributed by atoms with Gasteiger partial charge in [-0.05, 0) is 25.1 Å². The Morgan fingerprint density at radius 2 is 1.74 bits per heavy atom. The molecule has 23 heavy (non-hydrogen) atoms. The fraction of sp³-hybridized carbons (Fsp3) is 0.308. The number of aldehydes is 1. The number of ether oxygens (including phenoxy) is 1. The summed E-state index contributed by atoms with van der Waals surface area (Å²) in [6, 6.07) is 3.45. The molecule has 0 radical (unpaired) electrons. The molecule has 1 aromatic carbocycles. The van der Waals surface area contributed by atoms with E-state index in [2.05, 4.69) is 10.2 Å². The Kier molecular flexibility index (Phi) is 3.95. The number of carbonyl (C=O) groups excluding carboxylic acids is 1. The normalized spacial score (nSPS) is 21.7. The van der Waals surface area contributed by atoms with Gasteiger partial charge in [-0.2, -0.15) is 26.3 Å². The monoisotopic (exact) mass is 338 g/mol. The number of rotatable bonds is 2. The number of carbonyl (C=O) groups is 1. The largest absolute Gasteiger partial charge is 0.440 e. The third kappa shape index (κ3) is 3.20. The van der Waals surface area contributed by atoms with E-state index in [-0.39, 0.29) is 6.29 Å². The van der Waals surface area contributed by atoms with Crippen molar-refractivity contribution in [1.29, 1.82) is 0 Å². The van der Waals surface area contributed by atoms with Gasteiger partial charge in [0.25, 0.3) is 0 Å². The van der Waals surface area contributed by atoms with Gasteiger partial charge in [-0.15, -0.1) is 10.2 Å². The Labute approximate surface area is 125 Å². The first-order valence-corrected chi connectivity index (χ1v) is 6.04. The van der Waals surface area contributed by atoms with Crippen molar-refractivity contribution >= 4 is 17.9 Å². The van der Waals surface area contributed by atoms with Crippen molar-refractivity contribution in [3.63, 3.8) is 0 Å². The lowest BCUT2D eigenvalue weighted by Crippen LogP contribution is -2.45. The number of alkyl halides is 6. The Bertz CT molecular complexity index is 692. The highest BCUT2D eigenvalue weighted by Crippen LogP contribution is 2.36. The summed E-state index contributed by atoms with van der Waals surface area (Å²) in [7, 11) is 0. The number of hydrogen-bond acceptors (Lipinski definition) is 4. The fourth-order valence-electron chi connectivity index (χ4n) is 1.84. The van der Waals surface area contributed by atoms with Crippen LogP contribution in [-0.4, -0.2) is 24.1 Å². The second-order valence-corrected chi connectivity index (χ2v) is 4.80. The molecule has 0 aliphatic carbocycles. The number of nitrogens with zero attached hydrogens (tertiary/aromatic N) is 2. The van der Waals surface area contributed by atoms with Crippen molar-refractivity contribution in [2.24, 2.45) is 15.6 Å². The van der Waals surface area contributed by atoms with E-state index in [4.69, 9.17) is 4.74 Å². The SMILES string of the molecule is CC1(C=O)C(Oc2cccc(C(F)(F)F)c2)=NN=C1C(F)(F)F. The van der Waals surface area contributed by atoms with Crippen LogP contribution in [0, 0.1) is 5.41 Å². The molecular weight excluding hydrogens is 330 g/mol. The standard InChI is InChI=1S/C13H8F6N2O2/c1-11(6-22)9(13(17,18)19)20-21-10(11)23-8-4-2-3-7(5-8)12(14,15)16/h2-6H,1H3. The molecule has 0 spiro atoms. The molecule has 2 rings (SSSR count). The fourth-order valence-corrected chi connectivity index (χ4v) is 1.84. The molecule has 0 bridgehead atoms. The number of hydrogen-bond donors (Lipinski definition) is 0. The van der Waals surface area contributed by atoms with Gasteiger partial charge in [0.05, 0.1) is 5.56 Å². The van der Waals surface area contributed by atoms with Crippen molar-refractivity contribution in [3.05, 3.63) is 29.8 Å². The summed E-state index contributed by atoms with van der Waals surface area (Å²) in [6.45, 7) is 0.867. The van der Waals surface area contributed by atoms with Crippen LogP contribution in [0.5, 0.6) is 5.75 Å². The molecule has 124 valence electrons. The molecule has 1 atom stereocenters. The van der Waals surface area contributed by atoms with Crippen molar-refractivity contribution in [1.82, 2.24) is 0 Å². The highest BCUT2D eigenvalue weighted by molar-refractivity contribution is 6.23. The van der Waals surface area contributed by atoms with E-state index in [1.807, 2.05) is 0 Å². The first-order valence-electron chi connectivity index (χ1n) is 6.04. The number of benzene rings is 1. The molecule has 4 nitrogen and oxygen atoms in total. The molecule has 0 saturated carbocycles. The average Bonchev–Trinajstić information content (AvgIpc) is 2.76. The lowest BCUT2D eigenvalue weighted by Gasteiger charge is -2.22. The smallest absolute Gasteiger partial charge is 0.432 e. The zero-order valence-corrected chi connectivity index (χ0v) is 11.4. The highest BCUT2D eigenvalue weighted by atomic mass is 19.4. The third-order valence-corrected chi connectivity index (χ3v) is 3.06. The molecule has 10 heteroatoms. The summed E-state index contributed by atoms with van der Waals surface area (Å²) >= 11 is 0. The molecule has 1 aliphatic heterocycles. The molecule has 1 heterocycles. The van der Waals surface area contributed by atoms with Gasteiger partial charge < -0.3 is 9.53 Å². The van der Waals surface area contributed by atoms with Gasteiger partial charge in [-0.25, -0.2) is 0 Å². The van der Waals surface area contributed by atoms with Crippen LogP contribution in [0.4, 0.5) is 26.3 Å². The minimum Gasteiger partial charge on any atom is -0.440 e. The zero-order chi connectivity index (χ0) is 17.5. The molecular formula is C13H8F6N2O2. The molecule has 1 aliphatic rings. The Balaban J connectivity index is 2.31. The van der Waals surface area contributed by atoms with Crippen LogP contribution >= 0.6 is 0 Å². The van der Waals surface area contributed by atoms with Gasteiger partial charge >= 0.3 is 12.4 Å². The van der Waals surface area contributed by atoms with Gasteiger partial charge in [0.1, 0.15) is 17.5 Å². The van der Waals surface area contributed by atoms with Crippen LogP contribution in [0.25, 0.3) is 0 Å². The lowest BCUT2D eigenvalue weighted by atomic mass is 9.86. The van der Waals surface area contributed by atoms with Crippen LogP contribution in [0.2, 0.25) is 0 Å². The second kappa shape index (κ2) is 5.36. The summed E-state index contributed by atoms with van der Waals surface area (Å²) in [5.41, 5.74) is -4.88. The highest BCUT2D eigenvalue weighted by Gasteiger charge is 2.55. The molecule has 0 saturated heterocycles. The van der Waals surface area contributed by atoms with E-state index in [0.29, 0.717) is 6.07 Å². The quantitative estimate of drug-likeness (QED) is 0.611. The minimum absolute atomic E-state index is 0.0707. The maximum absolute atomic E-state index is 12.8. The van der Waals surface area contributed by atoms with Crippen molar-refractivity contribution in [2.75, 3.05) is 0 Å². The van der Waals surface area contributed by atoms with Crippen LogP contribution in [-0.2, 0) is 11.0 Å². The van der Waals surface area contributed by atoms with Gasteiger partial charge in [-0.3, -0.25) is 0 Å². The topological polar surface area (TPSA) is 51.0 Å². The molecule has 1 aromatic rings. The van der Waals surface area contributed by atoms with Gasteiger partial charge in [0.2, 0.25) is 5.90 Å². The summed E-state index contributed by atoms with van der Waals surface area (Å²) in [4.78, 5) is 11.1. The van der Waals surface area contributed by atoms with E-state index < -0.39 is 40.7 Å². The minimum atomic E-state index is -4.93. The average molecular weight is 338 g/mol. The molecule has 1 unspecified atom stereocenters. The molecule has 0 aromatic heterocycles. The molecule has 0 N–H and O–H groups in total. The maximum atomic E-state index is 12.8. The molecule has 0 amide bonds. The first kappa shape index (κ1) is 17.0. The Morgan fingerprint density at radius 1 is 1.09 bits per heavy atom. The van der Waals surface area contributed by atoms with E-state index in [0.717, 1.165) is 25.1 Å². The Hall–Kier alpha value is -2.39. The lowest BCUT2D eigenvalue weighted by molar-refractivity contribution is -0.137. The van der Waals surface area contributed by atoms with Crippen LogP contribution in [0.3, 0.4) is 0 Å². The van der Waals surface area contributed by atoms with Crippen molar-refractivity contribution in [2.45, 2.75) is 19.3 Å². The van der Waals surface area contributed by atoms with Crippen LogP contribution in [0.1, 0.15) is 12.5 Å². The van der Waals surface area contributed by atoms with Gasteiger partial charge in [-0.1, -0.05) is 6.07 Å². The van der Waals surface area contributed by atoms with Crippen LogP contribution < -0.4 is 4.74 Å². The van der Waals surface area contributed by atoms with Gasteiger partial charge in [0, 0.05) is 0 Å². The van der Waals surface area contributed by atoms with Gasteiger partial charge in [0.15, 0.2) is 5.71 Å². The molecule has 0 fully saturated rings. The van der Waals surface area contributed by atoms with E-state index in [1.54, 1.807) is 0 Å². The van der Waals surface area contributed by atoms with E-state index in [9.17, 15) is 31.1 Å². The first-order chi connectivity index (χ1) is 10.5. The third-order valence-electron chi connectivity index (χ3n) is 3.06. The van der Waals surface area contributed by atoms with Crippen LogP contribution in [0.15, 0.2) is 34.5 Å². The summed E-state index contributed by atoms with van der Waals surface area (Å²) in [6.07, 6.45) is -9.66. The number of halogens is 6. The predicted molar refractivity (Wildman–Crippen MR) is 67.2 cm³/mol. The maximum Gasteiger partial charge on any atom is 0.432 e. The predicted octanol–water partition coefficient (Wildman–Crippen LogP) is 3.62.